The molecular formula is C15H20N2O3S. The summed E-state index contributed by atoms with van der Waals surface area (Å²) < 4.78 is 25.9. The maximum Gasteiger partial charge on any atom is 0.224 e. The zero-order valence-electron chi connectivity index (χ0n) is 11.9. The third-order valence-electron chi connectivity index (χ3n) is 3.41. The molecule has 6 heteroatoms. The molecule has 1 aliphatic rings. The molecule has 114 valence electrons. The first-order chi connectivity index (χ1) is 10.00. The molecule has 0 radical (unpaired) electrons. The second kappa shape index (κ2) is 6.87. The number of amides is 1. The molecule has 1 heterocycles. The van der Waals surface area contributed by atoms with Crippen LogP contribution in [0.4, 0.5) is 0 Å². The van der Waals surface area contributed by atoms with Crippen molar-refractivity contribution in [2.24, 2.45) is 0 Å². The van der Waals surface area contributed by atoms with Gasteiger partial charge in [0.2, 0.25) is 15.9 Å². The number of hydrogen-bond acceptors (Lipinski definition) is 3. The van der Waals surface area contributed by atoms with Crippen LogP contribution in [0.3, 0.4) is 0 Å². The molecule has 1 amide bonds. The second-order valence-corrected chi connectivity index (χ2v) is 6.96. The number of nitrogens with one attached hydrogen (secondary N) is 1. The van der Waals surface area contributed by atoms with E-state index in [9.17, 15) is 13.2 Å². The van der Waals surface area contributed by atoms with Crippen molar-refractivity contribution >= 4 is 15.9 Å². The van der Waals surface area contributed by atoms with Crippen LogP contribution >= 0.6 is 0 Å². The lowest BCUT2D eigenvalue weighted by atomic mass is 10.1. The largest absolute Gasteiger partial charge is 0.341 e. The molecule has 2 rings (SSSR count). The minimum absolute atomic E-state index is 0.00256. The van der Waals surface area contributed by atoms with Crippen LogP contribution in [0, 0.1) is 0 Å². The fourth-order valence-electron chi connectivity index (χ4n) is 2.43. The van der Waals surface area contributed by atoms with Gasteiger partial charge >= 0.3 is 0 Å². The molecular weight excluding hydrogens is 288 g/mol. The van der Waals surface area contributed by atoms with E-state index in [4.69, 9.17) is 0 Å². The average molecular weight is 308 g/mol. The van der Waals surface area contributed by atoms with Crippen LogP contribution in [0.5, 0.6) is 0 Å². The number of carbonyl (C=O) groups is 1. The van der Waals surface area contributed by atoms with Crippen molar-refractivity contribution in [1.82, 2.24) is 9.62 Å². The lowest BCUT2D eigenvalue weighted by molar-refractivity contribution is -0.127. The zero-order chi connectivity index (χ0) is 15.3. The predicted molar refractivity (Wildman–Crippen MR) is 82.3 cm³/mol. The van der Waals surface area contributed by atoms with Crippen LogP contribution in [0.2, 0.25) is 0 Å². The summed E-state index contributed by atoms with van der Waals surface area (Å²) in [6.45, 7) is 4.46. The lowest BCUT2D eigenvalue weighted by Gasteiger charge is -2.17. The molecule has 1 aliphatic heterocycles. The van der Waals surface area contributed by atoms with Crippen LogP contribution in [0.25, 0.3) is 0 Å². The van der Waals surface area contributed by atoms with E-state index in [2.05, 4.69) is 11.3 Å². The molecule has 1 atom stereocenters. The summed E-state index contributed by atoms with van der Waals surface area (Å²) in [4.78, 5) is 13.6. The van der Waals surface area contributed by atoms with Gasteiger partial charge in [-0.15, -0.1) is 6.58 Å². The quantitative estimate of drug-likeness (QED) is 0.762. The first kappa shape index (κ1) is 15.7. The SMILES string of the molecule is C=CCS(=O)(=O)NC1CC(=O)N(CCc2ccccc2)C1. The minimum Gasteiger partial charge on any atom is -0.341 e. The fraction of sp³-hybridized carbons (Fsp3) is 0.400. The Morgan fingerprint density at radius 1 is 1.33 bits per heavy atom. The van der Waals surface area contributed by atoms with E-state index >= 15 is 0 Å². The number of benzene rings is 1. The first-order valence-electron chi connectivity index (χ1n) is 6.93. The van der Waals surface area contributed by atoms with Gasteiger partial charge in [-0.25, -0.2) is 13.1 Å². The van der Waals surface area contributed by atoms with Crippen LogP contribution in [-0.4, -0.2) is 44.1 Å². The third kappa shape index (κ3) is 4.68. The average Bonchev–Trinajstić information content (AvgIpc) is 2.76. The number of nitrogens with zero attached hydrogens (tertiary/aromatic N) is 1. The van der Waals surface area contributed by atoms with Gasteiger partial charge in [0, 0.05) is 25.6 Å². The van der Waals surface area contributed by atoms with E-state index in [0.717, 1.165) is 6.42 Å². The van der Waals surface area contributed by atoms with Crippen LogP contribution in [0.1, 0.15) is 12.0 Å². The normalized spacial score (nSPS) is 19.0. The standard InChI is InChI=1S/C15H20N2O3S/c1-2-10-21(19,20)16-14-11-15(18)17(12-14)9-8-13-6-4-3-5-7-13/h2-7,14,16H,1,8-12H2. The molecule has 0 spiro atoms. The maximum atomic E-state index is 11.9. The van der Waals surface area contributed by atoms with E-state index in [0.29, 0.717) is 13.1 Å². The summed E-state index contributed by atoms with van der Waals surface area (Å²) in [5, 5.41) is 0. The summed E-state index contributed by atoms with van der Waals surface area (Å²) in [5.41, 5.74) is 1.17. The van der Waals surface area contributed by atoms with Gasteiger partial charge in [-0.2, -0.15) is 0 Å². The minimum atomic E-state index is -3.38. The molecule has 1 aromatic rings. The Morgan fingerprint density at radius 3 is 2.71 bits per heavy atom. The molecule has 0 bridgehead atoms. The van der Waals surface area contributed by atoms with Gasteiger partial charge in [0.15, 0.2) is 0 Å². The van der Waals surface area contributed by atoms with Crippen molar-refractivity contribution < 1.29 is 13.2 Å². The Bertz CT molecular complexity index is 599. The molecule has 1 fully saturated rings. The molecule has 0 aliphatic carbocycles. The Kier molecular flexibility index (Phi) is 5.14. The van der Waals surface area contributed by atoms with E-state index in [-0.39, 0.29) is 24.1 Å². The van der Waals surface area contributed by atoms with E-state index in [1.165, 1.54) is 11.6 Å². The molecule has 1 aromatic carbocycles. The van der Waals surface area contributed by atoms with Crippen LogP contribution in [-0.2, 0) is 21.2 Å². The molecule has 0 aromatic heterocycles. The van der Waals surface area contributed by atoms with Gasteiger partial charge < -0.3 is 4.90 Å². The molecule has 1 unspecified atom stereocenters. The third-order valence-corrected chi connectivity index (χ3v) is 4.78. The fourth-order valence-corrected chi connectivity index (χ4v) is 3.51. The lowest BCUT2D eigenvalue weighted by Crippen LogP contribution is -2.38. The van der Waals surface area contributed by atoms with Crippen molar-refractivity contribution in [2.45, 2.75) is 18.9 Å². The summed E-state index contributed by atoms with van der Waals surface area (Å²) >= 11 is 0. The maximum absolute atomic E-state index is 11.9. The number of likely N-dealkylation sites (tertiary alicyclic amines) is 1. The summed E-state index contributed by atoms with van der Waals surface area (Å²) in [6, 6.07) is 9.59. The summed E-state index contributed by atoms with van der Waals surface area (Å²) in [7, 11) is -3.38. The highest BCUT2D eigenvalue weighted by Gasteiger charge is 2.31. The molecule has 1 saturated heterocycles. The molecule has 5 nitrogen and oxygen atoms in total. The monoisotopic (exact) mass is 308 g/mol. The van der Waals surface area contributed by atoms with E-state index in [1.807, 2.05) is 30.3 Å². The van der Waals surface area contributed by atoms with Crippen LogP contribution < -0.4 is 4.72 Å². The van der Waals surface area contributed by atoms with E-state index < -0.39 is 10.0 Å². The summed E-state index contributed by atoms with van der Waals surface area (Å²) in [5.74, 6) is -0.126. The van der Waals surface area contributed by atoms with Gasteiger partial charge in [0.25, 0.3) is 0 Å². The highest BCUT2D eigenvalue weighted by atomic mass is 32.2. The van der Waals surface area contributed by atoms with Crippen molar-refractivity contribution in [3.8, 4) is 0 Å². The second-order valence-electron chi connectivity index (χ2n) is 5.16. The number of sulfonamides is 1. The highest BCUT2D eigenvalue weighted by Crippen LogP contribution is 2.13. The van der Waals surface area contributed by atoms with Crippen molar-refractivity contribution in [3.63, 3.8) is 0 Å². The van der Waals surface area contributed by atoms with Crippen molar-refractivity contribution in [1.29, 1.82) is 0 Å². The highest BCUT2D eigenvalue weighted by molar-refractivity contribution is 7.89. The predicted octanol–water partition coefficient (Wildman–Crippen LogP) is 0.935. The number of hydrogen-bond donors (Lipinski definition) is 1. The van der Waals surface area contributed by atoms with Gasteiger partial charge in [0.1, 0.15) is 0 Å². The van der Waals surface area contributed by atoms with Crippen LogP contribution in [0.15, 0.2) is 43.0 Å². The molecule has 0 saturated carbocycles. The smallest absolute Gasteiger partial charge is 0.224 e. The number of carbonyl (C=O) groups excluding carboxylic acids is 1. The van der Waals surface area contributed by atoms with Gasteiger partial charge in [-0.1, -0.05) is 36.4 Å². The Labute approximate surface area is 125 Å². The van der Waals surface area contributed by atoms with Gasteiger partial charge in [-0.3, -0.25) is 4.79 Å². The molecule has 1 N–H and O–H groups in total. The Balaban J connectivity index is 1.87. The van der Waals surface area contributed by atoms with E-state index in [1.54, 1.807) is 4.90 Å². The molecule has 21 heavy (non-hydrogen) atoms. The number of rotatable bonds is 7. The van der Waals surface area contributed by atoms with Crippen molar-refractivity contribution in [2.75, 3.05) is 18.8 Å². The Morgan fingerprint density at radius 2 is 2.05 bits per heavy atom. The van der Waals surface area contributed by atoms with Crippen molar-refractivity contribution in [3.05, 3.63) is 48.6 Å². The summed E-state index contributed by atoms with van der Waals surface area (Å²) in [6.07, 6.45) is 2.34. The zero-order valence-corrected chi connectivity index (χ0v) is 12.7. The topological polar surface area (TPSA) is 66.5 Å². The van der Waals surface area contributed by atoms with Gasteiger partial charge in [-0.05, 0) is 12.0 Å². The van der Waals surface area contributed by atoms with Gasteiger partial charge in [0.05, 0.1) is 5.75 Å². The Hall–Kier alpha value is -1.66. The first-order valence-corrected chi connectivity index (χ1v) is 8.58.